The quantitative estimate of drug-likeness (QED) is 0.605. The Labute approximate surface area is 106 Å². The maximum Gasteiger partial charge on any atom is 0.338 e. The molecule has 1 aliphatic rings. The standard InChI is InChI=1S/C14H16O4/c1-17-14(16)12-5-3-2-4-11(12)13-10(6-8-15)7-9-18-13/h2-5,8,10,13H,6-7,9H2,1H3. The van der Waals surface area contributed by atoms with Crippen molar-refractivity contribution in [2.75, 3.05) is 13.7 Å². The van der Waals surface area contributed by atoms with E-state index in [-0.39, 0.29) is 18.0 Å². The summed E-state index contributed by atoms with van der Waals surface area (Å²) in [5, 5.41) is 0. The molecule has 0 spiro atoms. The van der Waals surface area contributed by atoms with Crippen LogP contribution in [0.1, 0.15) is 34.9 Å². The van der Waals surface area contributed by atoms with Gasteiger partial charge in [0, 0.05) is 13.0 Å². The van der Waals surface area contributed by atoms with Gasteiger partial charge in [0.15, 0.2) is 0 Å². The van der Waals surface area contributed by atoms with Gasteiger partial charge in [-0.3, -0.25) is 0 Å². The number of hydrogen-bond donors (Lipinski definition) is 0. The zero-order chi connectivity index (χ0) is 13.0. The average Bonchev–Trinajstić information content (AvgIpc) is 2.86. The van der Waals surface area contributed by atoms with Gasteiger partial charge in [-0.15, -0.1) is 0 Å². The van der Waals surface area contributed by atoms with E-state index in [0.29, 0.717) is 18.6 Å². The first-order valence-electron chi connectivity index (χ1n) is 6.00. The monoisotopic (exact) mass is 248 g/mol. The summed E-state index contributed by atoms with van der Waals surface area (Å²) in [6.45, 7) is 0.624. The normalized spacial score (nSPS) is 22.7. The van der Waals surface area contributed by atoms with Crippen molar-refractivity contribution in [3.8, 4) is 0 Å². The lowest BCUT2D eigenvalue weighted by molar-refractivity contribution is -0.109. The second kappa shape index (κ2) is 5.78. The van der Waals surface area contributed by atoms with E-state index in [4.69, 9.17) is 9.47 Å². The molecule has 0 saturated carbocycles. The third kappa shape index (κ3) is 2.43. The summed E-state index contributed by atoms with van der Waals surface area (Å²) in [5.41, 5.74) is 1.33. The van der Waals surface area contributed by atoms with Crippen LogP contribution in [0.25, 0.3) is 0 Å². The summed E-state index contributed by atoms with van der Waals surface area (Å²) in [7, 11) is 1.36. The fourth-order valence-electron chi connectivity index (χ4n) is 2.38. The molecule has 2 rings (SSSR count). The van der Waals surface area contributed by atoms with E-state index in [1.54, 1.807) is 12.1 Å². The lowest BCUT2D eigenvalue weighted by Gasteiger charge is -2.19. The van der Waals surface area contributed by atoms with Gasteiger partial charge in [-0.2, -0.15) is 0 Å². The SMILES string of the molecule is COC(=O)c1ccccc1C1OCCC1CC=O. The van der Waals surface area contributed by atoms with Crippen LogP contribution in [0.15, 0.2) is 24.3 Å². The van der Waals surface area contributed by atoms with Crippen molar-refractivity contribution in [2.45, 2.75) is 18.9 Å². The molecule has 18 heavy (non-hydrogen) atoms. The van der Waals surface area contributed by atoms with Crippen molar-refractivity contribution < 1.29 is 19.1 Å². The van der Waals surface area contributed by atoms with Crippen LogP contribution in [0.2, 0.25) is 0 Å². The Hall–Kier alpha value is -1.68. The Balaban J connectivity index is 2.32. The second-order valence-corrected chi connectivity index (χ2v) is 4.32. The number of esters is 1. The summed E-state index contributed by atoms with van der Waals surface area (Å²) >= 11 is 0. The highest BCUT2D eigenvalue weighted by atomic mass is 16.5. The first-order chi connectivity index (χ1) is 8.77. The first kappa shape index (κ1) is 12.8. The van der Waals surface area contributed by atoms with Crippen LogP contribution in [-0.2, 0) is 14.3 Å². The number of carbonyl (C=O) groups is 2. The van der Waals surface area contributed by atoms with E-state index >= 15 is 0 Å². The summed E-state index contributed by atoms with van der Waals surface area (Å²) in [5.74, 6) is -0.223. The summed E-state index contributed by atoms with van der Waals surface area (Å²) in [4.78, 5) is 22.4. The third-order valence-electron chi connectivity index (χ3n) is 3.29. The zero-order valence-corrected chi connectivity index (χ0v) is 10.3. The molecule has 0 aliphatic carbocycles. The molecule has 1 aliphatic heterocycles. The van der Waals surface area contributed by atoms with E-state index < -0.39 is 0 Å². The highest BCUT2D eigenvalue weighted by Gasteiger charge is 2.32. The number of ether oxygens (including phenoxy) is 2. The fourth-order valence-corrected chi connectivity index (χ4v) is 2.38. The molecule has 0 bridgehead atoms. The van der Waals surface area contributed by atoms with Gasteiger partial charge in [-0.1, -0.05) is 18.2 Å². The van der Waals surface area contributed by atoms with Crippen LogP contribution < -0.4 is 0 Å². The number of aldehydes is 1. The Morgan fingerprint density at radius 1 is 1.50 bits per heavy atom. The fraction of sp³-hybridized carbons (Fsp3) is 0.429. The maximum atomic E-state index is 11.7. The number of benzene rings is 1. The molecule has 1 aromatic carbocycles. The molecule has 1 heterocycles. The summed E-state index contributed by atoms with van der Waals surface area (Å²) in [6, 6.07) is 7.24. The van der Waals surface area contributed by atoms with E-state index in [1.807, 2.05) is 12.1 Å². The summed E-state index contributed by atoms with van der Waals surface area (Å²) in [6.07, 6.45) is 2.03. The van der Waals surface area contributed by atoms with Gasteiger partial charge >= 0.3 is 5.97 Å². The highest BCUT2D eigenvalue weighted by molar-refractivity contribution is 5.91. The number of rotatable bonds is 4. The highest BCUT2D eigenvalue weighted by Crippen LogP contribution is 2.37. The minimum atomic E-state index is -0.369. The van der Waals surface area contributed by atoms with Crippen molar-refractivity contribution in [3.63, 3.8) is 0 Å². The zero-order valence-electron chi connectivity index (χ0n) is 10.3. The predicted molar refractivity (Wildman–Crippen MR) is 65.3 cm³/mol. The third-order valence-corrected chi connectivity index (χ3v) is 3.29. The molecule has 0 radical (unpaired) electrons. The molecule has 1 saturated heterocycles. The van der Waals surface area contributed by atoms with Crippen molar-refractivity contribution in [2.24, 2.45) is 5.92 Å². The minimum absolute atomic E-state index is 0.147. The van der Waals surface area contributed by atoms with E-state index in [9.17, 15) is 9.59 Å². The molecule has 1 aromatic rings. The lowest BCUT2D eigenvalue weighted by Crippen LogP contribution is -2.14. The minimum Gasteiger partial charge on any atom is -0.465 e. The molecule has 2 unspecified atom stereocenters. The largest absolute Gasteiger partial charge is 0.465 e. The number of methoxy groups -OCH3 is 1. The van der Waals surface area contributed by atoms with Crippen LogP contribution in [0.3, 0.4) is 0 Å². The van der Waals surface area contributed by atoms with Gasteiger partial charge in [0.2, 0.25) is 0 Å². The predicted octanol–water partition coefficient (Wildman–Crippen LogP) is 2.14. The molecule has 2 atom stereocenters. The smallest absolute Gasteiger partial charge is 0.338 e. The van der Waals surface area contributed by atoms with Gasteiger partial charge in [0.1, 0.15) is 6.29 Å². The maximum absolute atomic E-state index is 11.7. The average molecular weight is 248 g/mol. The topological polar surface area (TPSA) is 52.6 Å². The second-order valence-electron chi connectivity index (χ2n) is 4.32. The van der Waals surface area contributed by atoms with E-state index in [0.717, 1.165) is 18.3 Å². The first-order valence-corrected chi connectivity index (χ1v) is 6.00. The Morgan fingerprint density at radius 2 is 2.28 bits per heavy atom. The number of carbonyl (C=O) groups excluding carboxylic acids is 2. The molecule has 0 N–H and O–H groups in total. The van der Waals surface area contributed by atoms with Crippen LogP contribution in [0.4, 0.5) is 0 Å². The molecule has 4 nitrogen and oxygen atoms in total. The molecule has 1 fully saturated rings. The molecular weight excluding hydrogens is 232 g/mol. The molecular formula is C14H16O4. The molecule has 0 amide bonds. The van der Waals surface area contributed by atoms with Crippen LogP contribution >= 0.6 is 0 Å². The van der Waals surface area contributed by atoms with Gasteiger partial charge < -0.3 is 14.3 Å². The lowest BCUT2D eigenvalue weighted by atomic mass is 9.90. The van der Waals surface area contributed by atoms with Gasteiger partial charge in [0.25, 0.3) is 0 Å². The van der Waals surface area contributed by atoms with Gasteiger partial charge in [-0.25, -0.2) is 4.79 Å². The van der Waals surface area contributed by atoms with Gasteiger partial charge in [-0.05, 0) is 24.0 Å². The summed E-state index contributed by atoms with van der Waals surface area (Å²) < 4.78 is 10.4. The van der Waals surface area contributed by atoms with Crippen LogP contribution in [-0.4, -0.2) is 26.0 Å². The van der Waals surface area contributed by atoms with Crippen molar-refractivity contribution in [1.82, 2.24) is 0 Å². The van der Waals surface area contributed by atoms with Gasteiger partial charge in [0.05, 0.1) is 18.8 Å². The van der Waals surface area contributed by atoms with E-state index in [1.165, 1.54) is 7.11 Å². The van der Waals surface area contributed by atoms with Crippen molar-refractivity contribution >= 4 is 12.3 Å². The molecule has 4 heteroatoms. The van der Waals surface area contributed by atoms with E-state index in [2.05, 4.69) is 0 Å². The number of hydrogen-bond acceptors (Lipinski definition) is 4. The Kier molecular flexibility index (Phi) is 4.10. The van der Waals surface area contributed by atoms with Crippen LogP contribution in [0, 0.1) is 5.92 Å². The van der Waals surface area contributed by atoms with Crippen molar-refractivity contribution in [1.29, 1.82) is 0 Å². The van der Waals surface area contributed by atoms with Crippen molar-refractivity contribution in [3.05, 3.63) is 35.4 Å². The Morgan fingerprint density at radius 3 is 3.00 bits per heavy atom. The molecule has 96 valence electrons. The van der Waals surface area contributed by atoms with Crippen LogP contribution in [0.5, 0.6) is 0 Å². The Bertz CT molecular complexity index is 441. The molecule has 0 aromatic heterocycles.